The molecule has 0 aliphatic carbocycles. The summed E-state index contributed by atoms with van der Waals surface area (Å²) in [5.74, 6) is -0.339. The first kappa shape index (κ1) is 25.2. The first-order valence-corrected chi connectivity index (χ1v) is 11.6. The van der Waals surface area contributed by atoms with Gasteiger partial charge in [0.05, 0.1) is 31.1 Å². The summed E-state index contributed by atoms with van der Waals surface area (Å²) in [6.07, 6.45) is 0. The van der Waals surface area contributed by atoms with Crippen LogP contribution in [0.3, 0.4) is 0 Å². The van der Waals surface area contributed by atoms with Crippen molar-refractivity contribution < 1.29 is 28.6 Å². The number of halogens is 1. The summed E-state index contributed by atoms with van der Waals surface area (Å²) in [6, 6.07) is 11.6. The Morgan fingerprint density at radius 2 is 1.62 bits per heavy atom. The van der Waals surface area contributed by atoms with E-state index < -0.39 is 11.9 Å². The highest BCUT2D eigenvalue weighted by molar-refractivity contribution is 9.10. The Labute approximate surface area is 208 Å². The second kappa shape index (κ2) is 11.7. The lowest BCUT2D eigenvalue weighted by atomic mass is 10.1. The number of rotatable bonds is 9. The number of esters is 2. The van der Waals surface area contributed by atoms with Gasteiger partial charge >= 0.3 is 11.9 Å². The SMILES string of the molecule is COC(=O)c1cc(NC(=O)CSc2nnc(COc3ccc(Br)cc3)n2C)cc(C(=O)OC)c1. The van der Waals surface area contributed by atoms with Crippen LogP contribution in [0.25, 0.3) is 0 Å². The van der Waals surface area contributed by atoms with Crippen LogP contribution < -0.4 is 10.1 Å². The van der Waals surface area contributed by atoms with Gasteiger partial charge in [0.15, 0.2) is 11.0 Å². The van der Waals surface area contributed by atoms with Gasteiger partial charge in [-0.15, -0.1) is 10.2 Å². The Morgan fingerprint density at radius 3 is 2.21 bits per heavy atom. The van der Waals surface area contributed by atoms with E-state index in [9.17, 15) is 14.4 Å². The van der Waals surface area contributed by atoms with E-state index in [0.29, 0.717) is 16.7 Å². The third-order valence-electron chi connectivity index (χ3n) is 4.50. The molecule has 0 aliphatic rings. The summed E-state index contributed by atoms with van der Waals surface area (Å²) in [5.41, 5.74) is 0.476. The van der Waals surface area contributed by atoms with E-state index in [1.807, 2.05) is 24.3 Å². The van der Waals surface area contributed by atoms with Crippen LogP contribution in [0.2, 0.25) is 0 Å². The molecule has 0 fully saturated rings. The summed E-state index contributed by atoms with van der Waals surface area (Å²) in [5, 5.41) is 11.4. The minimum absolute atomic E-state index is 0.0234. The molecule has 0 saturated heterocycles. The number of carbonyl (C=O) groups excluding carboxylic acids is 3. The molecule has 1 aromatic heterocycles. The van der Waals surface area contributed by atoms with Gasteiger partial charge in [-0.1, -0.05) is 27.7 Å². The minimum Gasteiger partial charge on any atom is -0.486 e. The Morgan fingerprint density at radius 1 is 1.00 bits per heavy atom. The molecule has 1 heterocycles. The summed E-state index contributed by atoms with van der Waals surface area (Å²) in [4.78, 5) is 36.3. The Bertz CT molecular complexity index is 1160. The van der Waals surface area contributed by atoms with Crippen molar-refractivity contribution in [3.8, 4) is 5.75 Å². The van der Waals surface area contributed by atoms with Gasteiger partial charge < -0.3 is 24.1 Å². The standard InChI is InChI=1S/C22H21BrN4O6S/c1-27-18(11-33-17-6-4-15(23)5-7-17)25-26-22(27)34-12-19(28)24-16-9-13(20(29)31-2)8-14(10-16)21(30)32-3/h4-10H,11-12H2,1-3H3,(H,24,28). The van der Waals surface area contributed by atoms with E-state index in [4.69, 9.17) is 14.2 Å². The van der Waals surface area contributed by atoms with Crippen LogP contribution in [0.4, 0.5) is 5.69 Å². The monoisotopic (exact) mass is 548 g/mol. The fraction of sp³-hybridized carbons (Fsp3) is 0.227. The van der Waals surface area contributed by atoms with Crippen LogP contribution in [-0.4, -0.2) is 52.6 Å². The van der Waals surface area contributed by atoms with Crippen molar-refractivity contribution in [3.05, 3.63) is 63.9 Å². The molecule has 0 unspecified atom stereocenters. The molecule has 0 bridgehead atoms. The maximum absolute atomic E-state index is 12.5. The topological polar surface area (TPSA) is 122 Å². The molecule has 34 heavy (non-hydrogen) atoms. The van der Waals surface area contributed by atoms with Crippen molar-refractivity contribution in [1.82, 2.24) is 14.8 Å². The minimum atomic E-state index is -0.646. The number of amides is 1. The molecule has 3 rings (SSSR count). The number of hydrogen-bond donors (Lipinski definition) is 1. The molecule has 0 aliphatic heterocycles. The quantitative estimate of drug-likeness (QED) is 0.316. The molecule has 0 radical (unpaired) electrons. The molecule has 10 nitrogen and oxygen atoms in total. The second-order valence-electron chi connectivity index (χ2n) is 6.82. The zero-order chi connectivity index (χ0) is 24.7. The normalized spacial score (nSPS) is 10.5. The van der Waals surface area contributed by atoms with Gasteiger partial charge in [-0.25, -0.2) is 9.59 Å². The molecule has 12 heteroatoms. The van der Waals surface area contributed by atoms with Crippen LogP contribution >= 0.6 is 27.7 Å². The number of nitrogens with one attached hydrogen (secondary N) is 1. The lowest BCUT2D eigenvalue weighted by Gasteiger charge is -2.10. The average Bonchev–Trinajstić information content (AvgIpc) is 3.20. The Kier molecular flexibility index (Phi) is 8.66. The predicted octanol–water partition coefficient (Wildman–Crippen LogP) is 3.46. The highest BCUT2D eigenvalue weighted by atomic mass is 79.9. The number of thioether (sulfide) groups is 1. The van der Waals surface area contributed by atoms with Gasteiger partial charge in [0, 0.05) is 17.2 Å². The molecule has 3 aromatic rings. The number of ether oxygens (including phenoxy) is 3. The maximum atomic E-state index is 12.5. The van der Waals surface area contributed by atoms with Gasteiger partial charge in [0.2, 0.25) is 5.91 Å². The van der Waals surface area contributed by atoms with Crippen molar-refractivity contribution in [2.24, 2.45) is 7.05 Å². The average molecular weight is 549 g/mol. The van der Waals surface area contributed by atoms with Crippen LogP contribution in [0, 0.1) is 0 Å². The molecule has 2 aromatic carbocycles. The molecule has 1 amide bonds. The summed E-state index contributed by atoms with van der Waals surface area (Å²) < 4.78 is 17.8. The molecular weight excluding hydrogens is 528 g/mol. The van der Waals surface area contributed by atoms with Gasteiger partial charge in [-0.2, -0.15) is 0 Å². The Hall–Kier alpha value is -3.38. The number of nitrogens with zero attached hydrogens (tertiary/aromatic N) is 3. The third-order valence-corrected chi connectivity index (χ3v) is 6.05. The first-order valence-electron chi connectivity index (χ1n) is 9.81. The number of methoxy groups -OCH3 is 2. The van der Waals surface area contributed by atoms with E-state index in [1.54, 1.807) is 11.6 Å². The summed E-state index contributed by atoms with van der Waals surface area (Å²) >= 11 is 4.55. The molecule has 1 N–H and O–H groups in total. The molecule has 0 saturated carbocycles. The van der Waals surface area contributed by atoms with E-state index in [-0.39, 0.29) is 35.1 Å². The number of carbonyl (C=O) groups is 3. The lowest BCUT2D eigenvalue weighted by Crippen LogP contribution is -2.16. The smallest absolute Gasteiger partial charge is 0.337 e. The third kappa shape index (κ3) is 6.58. The van der Waals surface area contributed by atoms with Crippen molar-refractivity contribution in [3.63, 3.8) is 0 Å². The predicted molar refractivity (Wildman–Crippen MR) is 128 cm³/mol. The van der Waals surface area contributed by atoms with Crippen LogP contribution in [-0.2, 0) is 27.9 Å². The Balaban J connectivity index is 1.61. The maximum Gasteiger partial charge on any atom is 0.337 e. The first-order chi connectivity index (χ1) is 16.3. The fourth-order valence-corrected chi connectivity index (χ4v) is 3.77. The molecule has 0 spiro atoms. The van der Waals surface area contributed by atoms with Crippen LogP contribution in [0.5, 0.6) is 5.75 Å². The van der Waals surface area contributed by atoms with E-state index in [2.05, 4.69) is 31.4 Å². The van der Waals surface area contributed by atoms with Crippen LogP contribution in [0.1, 0.15) is 26.5 Å². The van der Waals surface area contributed by atoms with Crippen molar-refractivity contribution in [2.45, 2.75) is 11.8 Å². The largest absolute Gasteiger partial charge is 0.486 e. The zero-order valence-electron chi connectivity index (χ0n) is 18.5. The van der Waals surface area contributed by atoms with Gasteiger partial charge in [-0.3, -0.25) is 4.79 Å². The number of hydrogen-bond acceptors (Lipinski definition) is 9. The molecular formula is C22H21BrN4O6S. The van der Waals surface area contributed by atoms with Crippen molar-refractivity contribution in [2.75, 3.05) is 25.3 Å². The van der Waals surface area contributed by atoms with Crippen LogP contribution in [0.15, 0.2) is 52.1 Å². The summed E-state index contributed by atoms with van der Waals surface area (Å²) in [7, 11) is 4.23. The molecule has 178 valence electrons. The molecule has 0 atom stereocenters. The highest BCUT2D eigenvalue weighted by Gasteiger charge is 2.16. The summed E-state index contributed by atoms with van der Waals surface area (Å²) in [6.45, 7) is 0.217. The van der Waals surface area contributed by atoms with Crippen molar-refractivity contribution in [1.29, 1.82) is 0 Å². The van der Waals surface area contributed by atoms with Gasteiger partial charge in [-0.05, 0) is 42.5 Å². The number of benzene rings is 2. The lowest BCUT2D eigenvalue weighted by molar-refractivity contribution is -0.113. The van der Waals surface area contributed by atoms with Crippen molar-refractivity contribution >= 4 is 51.2 Å². The second-order valence-corrected chi connectivity index (χ2v) is 8.68. The van der Waals surface area contributed by atoms with Gasteiger partial charge in [0.25, 0.3) is 0 Å². The highest BCUT2D eigenvalue weighted by Crippen LogP contribution is 2.21. The number of anilines is 1. The van der Waals surface area contributed by atoms with E-state index >= 15 is 0 Å². The fourth-order valence-electron chi connectivity index (χ4n) is 2.77. The van der Waals surface area contributed by atoms with Gasteiger partial charge in [0.1, 0.15) is 12.4 Å². The van der Waals surface area contributed by atoms with E-state index in [1.165, 1.54) is 44.2 Å². The van der Waals surface area contributed by atoms with E-state index in [0.717, 1.165) is 4.47 Å². The zero-order valence-corrected chi connectivity index (χ0v) is 20.9. The number of aromatic nitrogens is 3.